The van der Waals surface area contributed by atoms with E-state index < -0.39 is 6.04 Å². The predicted octanol–water partition coefficient (Wildman–Crippen LogP) is 4.82. The number of benzene rings is 2. The highest BCUT2D eigenvalue weighted by Gasteiger charge is 2.26. The van der Waals surface area contributed by atoms with Gasteiger partial charge in [0.1, 0.15) is 6.04 Å². The van der Waals surface area contributed by atoms with Crippen LogP contribution in [-0.2, 0) is 21.9 Å². The van der Waals surface area contributed by atoms with E-state index in [1.54, 1.807) is 35.7 Å². The van der Waals surface area contributed by atoms with Crippen molar-refractivity contribution >= 4 is 35.2 Å². The molecule has 0 fully saturated rings. The minimum atomic E-state index is -0.555. The van der Waals surface area contributed by atoms with Crippen molar-refractivity contribution in [1.29, 1.82) is 0 Å². The van der Waals surface area contributed by atoms with Crippen LogP contribution in [0.5, 0.6) is 0 Å². The van der Waals surface area contributed by atoms with Gasteiger partial charge in [-0.2, -0.15) is 0 Å². The van der Waals surface area contributed by atoms with Gasteiger partial charge in [-0.15, -0.1) is 11.8 Å². The van der Waals surface area contributed by atoms with Gasteiger partial charge in [0.2, 0.25) is 11.8 Å². The van der Waals surface area contributed by atoms with Crippen molar-refractivity contribution in [2.24, 2.45) is 0 Å². The van der Waals surface area contributed by atoms with Crippen molar-refractivity contribution in [2.75, 3.05) is 5.75 Å². The summed E-state index contributed by atoms with van der Waals surface area (Å²) in [5.41, 5.74) is 3.34. The number of rotatable bonds is 9. The van der Waals surface area contributed by atoms with Gasteiger partial charge in [0.15, 0.2) is 0 Å². The van der Waals surface area contributed by atoms with Crippen molar-refractivity contribution < 1.29 is 9.59 Å². The van der Waals surface area contributed by atoms with Crippen LogP contribution in [0, 0.1) is 6.92 Å². The Balaban J connectivity index is 2.06. The van der Waals surface area contributed by atoms with Crippen LogP contribution in [0.4, 0.5) is 0 Å². The fraction of sp³-hybridized carbons (Fsp3) is 0.391. The van der Waals surface area contributed by atoms with Crippen LogP contribution in [0.1, 0.15) is 37.5 Å². The molecule has 0 aliphatic carbocycles. The number of aryl methyl sites for hydroxylation is 1. The van der Waals surface area contributed by atoms with Gasteiger partial charge < -0.3 is 10.2 Å². The van der Waals surface area contributed by atoms with Crippen LogP contribution in [0.2, 0.25) is 5.02 Å². The normalized spacial score (nSPS) is 11.9. The van der Waals surface area contributed by atoms with Crippen molar-refractivity contribution in [3.63, 3.8) is 0 Å². The maximum atomic E-state index is 13.0. The lowest BCUT2D eigenvalue weighted by molar-refractivity contribution is -0.138. The molecular formula is C23H29ClN2O2S. The molecule has 0 heterocycles. The molecule has 0 aliphatic rings. The minimum Gasteiger partial charge on any atom is -0.352 e. The van der Waals surface area contributed by atoms with Crippen LogP contribution in [0.25, 0.3) is 0 Å². The summed E-state index contributed by atoms with van der Waals surface area (Å²) < 4.78 is 0. The highest BCUT2D eigenvalue weighted by molar-refractivity contribution is 7.99. The average molecular weight is 433 g/mol. The van der Waals surface area contributed by atoms with E-state index in [-0.39, 0.29) is 17.9 Å². The molecule has 0 aliphatic heterocycles. The topological polar surface area (TPSA) is 49.4 Å². The van der Waals surface area contributed by atoms with Crippen LogP contribution in [0.3, 0.4) is 0 Å². The fourth-order valence-corrected chi connectivity index (χ4v) is 3.90. The Kier molecular flexibility index (Phi) is 9.05. The largest absolute Gasteiger partial charge is 0.352 e. The minimum absolute atomic E-state index is 0.0214. The molecule has 0 spiro atoms. The lowest BCUT2D eigenvalue weighted by Crippen LogP contribution is -2.49. The Bertz CT molecular complexity index is 824. The third-order valence-corrected chi connectivity index (χ3v) is 5.68. The van der Waals surface area contributed by atoms with Crippen LogP contribution >= 0.6 is 23.4 Å². The van der Waals surface area contributed by atoms with Crippen LogP contribution in [-0.4, -0.2) is 34.6 Å². The van der Waals surface area contributed by atoms with Crippen LogP contribution < -0.4 is 5.32 Å². The molecule has 0 radical (unpaired) electrons. The Labute approximate surface area is 183 Å². The lowest BCUT2D eigenvalue weighted by Gasteiger charge is -2.29. The number of halogens is 1. The molecule has 1 atom stereocenters. The Morgan fingerprint density at radius 3 is 2.38 bits per heavy atom. The summed E-state index contributed by atoms with van der Waals surface area (Å²) in [6, 6.07) is 15.1. The molecule has 156 valence electrons. The SMILES string of the molecule is Cc1cccc(CSCC(=O)N(Cc2ccc(Cl)cc2)[C@@H](C)C(=O)NC(C)C)c1. The van der Waals surface area contributed by atoms with Gasteiger partial charge in [-0.25, -0.2) is 0 Å². The first-order valence-corrected chi connectivity index (χ1v) is 11.3. The molecule has 0 aromatic heterocycles. The van der Waals surface area contributed by atoms with Gasteiger partial charge in [-0.3, -0.25) is 9.59 Å². The molecule has 0 bridgehead atoms. The average Bonchev–Trinajstić information content (AvgIpc) is 2.66. The zero-order chi connectivity index (χ0) is 21.4. The molecule has 2 aromatic rings. The van der Waals surface area contributed by atoms with Gasteiger partial charge >= 0.3 is 0 Å². The van der Waals surface area contributed by atoms with E-state index >= 15 is 0 Å². The zero-order valence-electron chi connectivity index (χ0n) is 17.4. The second kappa shape index (κ2) is 11.3. The van der Waals surface area contributed by atoms with E-state index in [1.807, 2.05) is 32.0 Å². The highest BCUT2D eigenvalue weighted by atomic mass is 35.5. The number of hydrogen-bond donors (Lipinski definition) is 1. The first kappa shape index (κ1) is 23.3. The van der Waals surface area contributed by atoms with Gasteiger partial charge in [0, 0.05) is 23.4 Å². The third-order valence-electron chi connectivity index (χ3n) is 4.44. The van der Waals surface area contributed by atoms with E-state index in [1.165, 1.54) is 11.1 Å². The van der Waals surface area contributed by atoms with E-state index in [2.05, 4.69) is 30.4 Å². The molecule has 29 heavy (non-hydrogen) atoms. The summed E-state index contributed by atoms with van der Waals surface area (Å²) in [5, 5.41) is 3.54. The molecular weight excluding hydrogens is 404 g/mol. The van der Waals surface area contributed by atoms with Gasteiger partial charge in [0.05, 0.1) is 5.75 Å². The number of amides is 2. The Hall–Kier alpha value is -1.98. The van der Waals surface area contributed by atoms with Crippen molar-refractivity contribution in [3.05, 3.63) is 70.2 Å². The fourth-order valence-electron chi connectivity index (χ4n) is 2.92. The highest BCUT2D eigenvalue weighted by Crippen LogP contribution is 2.18. The molecule has 2 aromatic carbocycles. The number of thioether (sulfide) groups is 1. The van der Waals surface area contributed by atoms with Crippen LogP contribution in [0.15, 0.2) is 48.5 Å². The zero-order valence-corrected chi connectivity index (χ0v) is 19.0. The molecule has 0 saturated heterocycles. The number of nitrogens with one attached hydrogen (secondary N) is 1. The first-order chi connectivity index (χ1) is 13.8. The van der Waals surface area contributed by atoms with Crippen molar-refractivity contribution in [3.8, 4) is 0 Å². The molecule has 6 heteroatoms. The van der Waals surface area contributed by atoms with Crippen molar-refractivity contribution in [1.82, 2.24) is 10.2 Å². The Morgan fingerprint density at radius 2 is 1.76 bits per heavy atom. The van der Waals surface area contributed by atoms with Crippen molar-refractivity contribution in [2.45, 2.75) is 52.1 Å². The van der Waals surface area contributed by atoms with Gasteiger partial charge in [0.25, 0.3) is 0 Å². The monoisotopic (exact) mass is 432 g/mol. The number of carbonyl (C=O) groups is 2. The van der Waals surface area contributed by atoms with E-state index in [0.717, 1.165) is 11.3 Å². The third kappa shape index (κ3) is 7.75. The summed E-state index contributed by atoms with van der Waals surface area (Å²) in [4.78, 5) is 27.2. The molecule has 2 amide bonds. The summed E-state index contributed by atoms with van der Waals surface area (Å²) >= 11 is 7.53. The lowest BCUT2D eigenvalue weighted by atomic mass is 10.1. The second-order valence-corrected chi connectivity index (χ2v) is 8.89. The summed E-state index contributed by atoms with van der Waals surface area (Å²) in [5.74, 6) is 0.880. The summed E-state index contributed by atoms with van der Waals surface area (Å²) in [7, 11) is 0. The summed E-state index contributed by atoms with van der Waals surface area (Å²) in [6.07, 6.45) is 0. The maximum Gasteiger partial charge on any atom is 0.242 e. The molecule has 1 N–H and O–H groups in total. The molecule has 2 rings (SSSR count). The van der Waals surface area contributed by atoms with E-state index in [4.69, 9.17) is 11.6 Å². The number of nitrogens with zero attached hydrogens (tertiary/aromatic N) is 1. The molecule has 0 unspecified atom stereocenters. The Morgan fingerprint density at radius 1 is 1.07 bits per heavy atom. The van der Waals surface area contributed by atoms with Gasteiger partial charge in [-0.1, -0.05) is 53.6 Å². The standard InChI is InChI=1S/C23H29ClN2O2S/c1-16(2)25-23(28)18(4)26(13-19-8-10-21(24)11-9-19)22(27)15-29-14-20-7-5-6-17(3)12-20/h5-12,16,18H,13-15H2,1-4H3,(H,25,28)/t18-/m0/s1. The predicted molar refractivity (Wildman–Crippen MR) is 122 cm³/mol. The maximum absolute atomic E-state index is 13.0. The second-order valence-electron chi connectivity index (χ2n) is 7.47. The smallest absolute Gasteiger partial charge is 0.242 e. The summed E-state index contributed by atoms with van der Waals surface area (Å²) in [6.45, 7) is 8.02. The van der Waals surface area contributed by atoms with E-state index in [9.17, 15) is 9.59 Å². The van der Waals surface area contributed by atoms with E-state index in [0.29, 0.717) is 17.3 Å². The quantitative estimate of drug-likeness (QED) is 0.617. The molecule has 4 nitrogen and oxygen atoms in total. The first-order valence-electron chi connectivity index (χ1n) is 9.74. The number of carbonyl (C=O) groups excluding carboxylic acids is 2. The van der Waals surface area contributed by atoms with Gasteiger partial charge in [-0.05, 0) is 51.0 Å². The number of hydrogen-bond acceptors (Lipinski definition) is 3. The molecule has 0 saturated carbocycles.